The Morgan fingerprint density at radius 1 is 1.03 bits per heavy atom. The summed E-state index contributed by atoms with van der Waals surface area (Å²) in [5.74, 6) is 1.07. The van der Waals surface area contributed by atoms with Crippen LogP contribution in [-0.4, -0.2) is 32.0 Å². The number of hydrogen-bond acceptors (Lipinski definition) is 4. The fourth-order valence-corrected chi connectivity index (χ4v) is 4.61. The van der Waals surface area contributed by atoms with Crippen molar-refractivity contribution >= 4 is 28.6 Å². The van der Waals surface area contributed by atoms with Gasteiger partial charge in [-0.1, -0.05) is 24.6 Å². The van der Waals surface area contributed by atoms with E-state index in [4.69, 9.17) is 16.0 Å². The minimum absolute atomic E-state index is 0.0658. The molecule has 0 spiro atoms. The maximum atomic E-state index is 13.0. The minimum Gasteiger partial charge on any atom is -0.452 e. The van der Waals surface area contributed by atoms with E-state index in [9.17, 15) is 4.79 Å². The van der Waals surface area contributed by atoms with Gasteiger partial charge in [-0.15, -0.1) is 0 Å². The predicted octanol–water partition coefficient (Wildman–Crippen LogP) is 5.59. The van der Waals surface area contributed by atoms with Crippen LogP contribution in [0.2, 0.25) is 5.02 Å². The molecule has 1 fully saturated rings. The van der Waals surface area contributed by atoms with Crippen LogP contribution in [0.3, 0.4) is 0 Å². The van der Waals surface area contributed by atoms with Crippen molar-refractivity contribution in [3.8, 4) is 11.3 Å². The molecule has 158 valence electrons. The van der Waals surface area contributed by atoms with Crippen LogP contribution >= 0.6 is 11.6 Å². The predicted molar refractivity (Wildman–Crippen MR) is 126 cm³/mol. The third-order valence-electron chi connectivity index (χ3n) is 6.15. The molecule has 3 aromatic rings. The standard InChI is InChI=1S/C26H25ClN2O2/c1-2-17-15-24(30)26-20(16-25(31-26)18-3-5-21(27)6-4-18)13-19-14-22(7-8-23(17)19)29-11-9-28-10-12-29/h3-8,14-16,28H,2,9-13H2,1H3/b17-15-. The minimum atomic E-state index is -0.0658. The zero-order valence-corrected chi connectivity index (χ0v) is 18.3. The van der Waals surface area contributed by atoms with Gasteiger partial charge in [-0.3, -0.25) is 4.79 Å². The molecule has 0 amide bonds. The van der Waals surface area contributed by atoms with Crippen LogP contribution < -0.4 is 10.2 Å². The molecule has 0 radical (unpaired) electrons. The molecule has 1 aliphatic carbocycles. The van der Waals surface area contributed by atoms with Crippen molar-refractivity contribution in [1.29, 1.82) is 0 Å². The van der Waals surface area contributed by atoms with E-state index in [1.165, 1.54) is 11.3 Å². The summed E-state index contributed by atoms with van der Waals surface area (Å²) in [6.45, 7) is 6.11. The quantitative estimate of drug-likeness (QED) is 0.586. The van der Waals surface area contributed by atoms with Gasteiger partial charge in [0, 0.05) is 54.4 Å². The monoisotopic (exact) mass is 432 g/mol. The number of carbonyl (C=O) groups is 1. The van der Waals surface area contributed by atoms with Crippen LogP contribution in [0.15, 0.2) is 59.0 Å². The number of nitrogens with zero attached hydrogens (tertiary/aromatic N) is 1. The van der Waals surface area contributed by atoms with Crippen molar-refractivity contribution in [2.45, 2.75) is 19.8 Å². The van der Waals surface area contributed by atoms with Gasteiger partial charge in [0.1, 0.15) is 5.76 Å². The molecule has 5 heteroatoms. The van der Waals surface area contributed by atoms with Crippen LogP contribution in [0, 0.1) is 0 Å². The lowest BCUT2D eigenvalue weighted by Crippen LogP contribution is -2.43. The maximum absolute atomic E-state index is 13.0. The number of nitrogens with one attached hydrogen (secondary N) is 1. The Morgan fingerprint density at radius 2 is 1.81 bits per heavy atom. The number of furan rings is 1. The van der Waals surface area contributed by atoms with Crippen molar-refractivity contribution in [3.05, 3.63) is 82.1 Å². The van der Waals surface area contributed by atoms with E-state index in [0.29, 0.717) is 23.0 Å². The highest BCUT2D eigenvalue weighted by molar-refractivity contribution is 6.30. The lowest BCUT2D eigenvalue weighted by Gasteiger charge is -2.30. The molecule has 1 aromatic heterocycles. The van der Waals surface area contributed by atoms with Gasteiger partial charge in [-0.05, 0) is 71.7 Å². The van der Waals surface area contributed by atoms with Gasteiger partial charge >= 0.3 is 0 Å². The highest BCUT2D eigenvalue weighted by Crippen LogP contribution is 2.35. The van der Waals surface area contributed by atoms with Crippen LogP contribution in [0.4, 0.5) is 5.69 Å². The first kappa shape index (κ1) is 20.1. The Labute approximate surface area is 187 Å². The first-order valence-corrected chi connectivity index (χ1v) is 11.2. The van der Waals surface area contributed by atoms with Crippen LogP contribution in [0.25, 0.3) is 16.9 Å². The number of halogens is 1. The second kappa shape index (κ2) is 8.37. The van der Waals surface area contributed by atoms with Crippen LogP contribution in [-0.2, 0) is 6.42 Å². The van der Waals surface area contributed by atoms with Gasteiger partial charge in [-0.25, -0.2) is 0 Å². The zero-order valence-electron chi connectivity index (χ0n) is 17.6. The summed E-state index contributed by atoms with van der Waals surface area (Å²) in [5, 5.41) is 4.09. The first-order valence-electron chi connectivity index (χ1n) is 10.8. The molecule has 1 saturated heterocycles. The number of rotatable bonds is 3. The van der Waals surface area contributed by atoms with Gasteiger partial charge in [0.05, 0.1) is 0 Å². The van der Waals surface area contributed by atoms with Gasteiger partial charge in [0.2, 0.25) is 5.78 Å². The van der Waals surface area contributed by atoms with Gasteiger partial charge in [0.25, 0.3) is 0 Å². The van der Waals surface area contributed by atoms with Gasteiger partial charge in [-0.2, -0.15) is 0 Å². The van der Waals surface area contributed by atoms with Crippen molar-refractivity contribution in [3.63, 3.8) is 0 Å². The second-order valence-corrected chi connectivity index (χ2v) is 8.55. The Bertz CT molecular complexity index is 1150. The molecule has 1 aliphatic heterocycles. The Hall–Kier alpha value is -2.82. The molecule has 2 aliphatic rings. The van der Waals surface area contributed by atoms with Gasteiger partial charge < -0.3 is 14.6 Å². The first-order chi connectivity index (χ1) is 15.1. The molecule has 4 nitrogen and oxygen atoms in total. The number of anilines is 1. The Balaban J connectivity index is 1.59. The van der Waals surface area contributed by atoms with E-state index in [1.807, 2.05) is 30.3 Å². The van der Waals surface area contributed by atoms with E-state index in [1.54, 1.807) is 6.08 Å². The number of fused-ring (bicyclic) bond motifs is 2. The van der Waals surface area contributed by atoms with Crippen molar-refractivity contribution in [2.75, 3.05) is 31.1 Å². The summed E-state index contributed by atoms with van der Waals surface area (Å²) >= 11 is 6.03. The molecule has 0 atom stereocenters. The van der Waals surface area contributed by atoms with E-state index >= 15 is 0 Å². The summed E-state index contributed by atoms with van der Waals surface area (Å²) in [4.78, 5) is 15.5. The average molecular weight is 433 g/mol. The number of allylic oxidation sites excluding steroid dienone is 2. The van der Waals surface area contributed by atoms with Crippen LogP contribution in [0.5, 0.6) is 0 Å². The Kier molecular flexibility index (Phi) is 5.43. The molecule has 0 unspecified atom stereocenters. The summed E-state index contributed by atoms with van der Waals surface area (Å²) in [7, 11) is 0. The van der Waals surface area contributed by atoms with E-state index in [2.05, 4.69) is 35.3 Å². The average Bonchev–Trinajstić information content (AvgIpc) is 3.21. The van der Waals surface area contributed by atoms with Crippen molar-refractivity contribution in [2.24, 2.45) is 0 Å². The summed E-state index contributed by atoms with van der Waals surface area (Å²) in [6.07, 6.45) is 3.22. The molecular weight excluding hydrogens is 408 g/mol. The number of benzene rings is 2. The van der Waals surface area contributed by atoms with Crippen molar-refractivity contribution in [1.82, 2.24) is 5.32 Å². The van der Waals surface area contributed by atoms with E-state index < -0.39 is 0 Å². The number of hydrogen-bond donors (Lipinski definition) is 1. The fourth-order valence-electron chi connectivity index (χ4n) is 4.48. The SMILES string of the molecule is CC/C1=C/C(=O)c2oc(-c3ccc(Cl)cc3)cc2Cc2cc(N3CCNCC3)ccc21. The third kappa shape index (κ3) is 3.93. The second-order valence-electron chi connectivity index (χ2n) is 8.11. The number of carbonyl (C=O) groups excluding carboxylic acids is 1. The smallest absolute Gasteiger partial charge is 0.221 e. The molecule has 2 aromatic carbocycles. The van der Waals surface area contributed by atoms with E-state index in [0.717, 1.165) is 54.9 Å². The lowest BCUT2D eigenvalue weighted by atomic mass is 9.89. The number of piperazine rings is 1. The largest absolute Gasteiger partial charge is 0.452 e. The lowest BCUT2D eigenvalue weighted by molar-refractivity contribution is 0.102. The Morgan fingerprint density at radius 3 is 2.55 bits per heavy atom. The molecule has 31 heavy (non-hydrogen) atoms. The molecule has 0 bridgehead atoms. The summed E-state index contributed by atoms with van der Waals surface area (Å²) in [5.41, 5.74) is 6.54. The summed E-state index contributed by atoms with van der Waals surface area (Å²) < 4.78 is 6.08. The van der Waals surface area contributed by atoms with Crippen molar-refractivity contribution < 1.29 is 9.21 Å². The fraction of sp³-hybridized carbons (Fsp3) is 0.269. The normalized spacial score (nSPS) is 17.9. The highest BCUT2D eigenvalue weighted by atomic mass is 35.5. The molecule has 1 N–H and O–H groups in total. The van der Waals surface area contributed by atoms with Gasteiger partial charge in [0.15, 0.2) is 5.76 Å². The number of ketones is 1. The molecule has 0 saturated carbocycles. The van der Waals surface area contributed by atoms with Crippen LogP contribution in [0.1, 0.15) is 40.6 Å². The van der Waals surface area contributed by atoms with E-state index in [-0.39, 0.29) is 5.78 Å². The zero-order chi connectivity index (χ0) is 21.4. The molecular formula is C26H25ClN2O2. The topological polar surface area (TPSA) is 45.5 Å². The summed E-state index contributed by atoms with van der Waals surface area (Å²) in [6, 6.07) is 16.2. The molecule has 2 heterocycles. The third-order valence-corrected chi connectivity index (χ3v) is 6.40. The molecule has 5 rings (SSSR count). The maximum Gasteiger partial charge on any atom is 0.221 e. The highest BCUT2D eigenvalue weighted by Gasteiger charge is 2.24.